The molecule has 0 aliphatic heterocycles. The molecule has 0 saturated heterocycles. The maximum atomic E-state index is 5.53. The van der Waals surface area contributed by atoms with Gasteiger partial charge in [-0.25, -0.2) is 0 Å². The molecule has 2 aromatic rings. The summed E-state index contributed by atoms with van der Waals surface area (Å²) in [4.78, 5) is 0. The van der Waals surface area contributed by atoms with Gasteiger partial charge in [0.1, 0.15) is 13.2 Å². The molecule has 2 heteroatoms. The first kappa shape index (κ1) is 15.1. The van der Waals surface area contributed by atoms with Crippen LogP contribution >= 0.6 is 0 Å². The van der Waals surface area contributed by atoms with E-state index in [4.69, 9.17) is 22.3 Å². The van der Waals surface area contributed by atoms with Gasteiger partial charge in [0.05, 0.1) is 13.2 Å². The Morgan fingerprint density at radius 2 is 1.67 bits per heavy atom. The smallest absolute Gasteiger partial charge is 0.107 e. The third-order valence-electron chi connectivity index (χ3n) is 3.35. The van der Waals surface area contributed by atoms with Gasteiger partial charge in [-0.05, 0) is 34.4 Å². The second-order valence-electron chi connectivity index (χ2n) is 4.77. The summed E-state index contributed by atoms with van der Waals surface area (Å²) >= 11 is 0. The van der Waals surface area contributed by atoms with E-state index in [0.29, 0.717) is 26.4 Å². The summed E-state index contributed by atoms with van der Waals surface area (Å²) < 4.78 is 11.0. The van der Waals surface area contributed by atoms with Crippen molar-refractivity contribution in [1.29, 1.82) is 0 Å². The summed E-state index contributed by atoms with van der Waals surface area (Å²) in [6.45, 7) is 3.69. The standard InChI is InChI=1S/C19H18O2/c1-4-11-20-13-17-8-6-7-16-10-9-15(3)18(19(16)17)14-21-12-5-2/h1-2,6-10H,11-14H2,3H3. The molecule has 0 aliphatic carbocycles. The summed E-state index contributed by atoms with van der Waals surface area (Å²) in [5.41, 5.74) is 3.46. The van der Waals surface area contributed by atoms with E-state index in [1.165, 1.54) is 16.3 Å². The highest BCUT2D eigenvalue weighted by molar-refractivity contribution is 5.89. The number of rotatable bonds is 6. The van der Waals surface area contributed by atoms with Gasteiger partial charge in [-0.3, -0.25) is 0 Å². The number of hydrogen-bond donors (Lipinski definition) is 0. The van der Waals surface area contributed by atoms with Crippen LogP contribution in [0, 0.1) is 31.6 Å². The van der Waals surface area contributed by atoms with Crippen molar-refractivity contribution in [2.24, 2.45) is 0 Å². The number of aryl methyl sites for hydroxylation is 1. The van der Waals surface area contributed by atoms with Crippen LogP contribution in [0.4, 0.5) is 0 Å². The molecule has 21 heavy (non-hydrogen) atoms. The van der Waals surface area contributed by atoms with Gasteiger partial charge in [-0.2, -0.15) is 0 Å². The van der Waals surface area contributed by atoms with Gasteiger partial charge in [0.15, 0.2) is 0 Å². The number of benzene rings is 2. The lowest BCUT2D eigenvalue weighted by atomic mass is 9.96. The highest BCUT2D eigenvalue weighted by atomic mass is 16.5. The van der Waals surface area contributed by atoms with Crippen LogP contribution in [0.1, 0.15) is 16.7 Å². The Hall–Kier alpha value is -2.26. The van der Waals surface area contributed by atoms with Crippen molar-refractivity contribution in [3.05, 3.63) is 47.0 Å². The molecule has 0 bridgehead atoms. The van der Waals surface area contributed by atoms with Gasteiger partial charge in [-0.15, -0.1) is 12.8 Å². The predicted octanol–water partition coefficient (Wildman–Crippen LogP) is 3.45. The molecule has 2 aromatic carbocycles. The van der Waals surface area contributed by atoms with Gasteiger partial charge in [-0.1, -0.05) is 42.2 Å². The first-order valence-corrected chi connectivity index (χ1v) is 6.80. The van der Waals surface area contributed by atoms with Crippen LogP contribution in [0.15, 0.2) is 30.3 Å². The van der Waals surface area contributed by atoms with Crippen LogP contribution in [0.5, 0.6) is 0 Å². The Labute approximate surface area is 126 Å². The fourth-order valence-corrected chi connectivity index (χ4v) is 2.38. The van der Waals surface area contributed by atoms with Gasteiger partial charge >= 0.3 is 0 Å². The fraction of sp³-hybridized carbons (Fsp3) is 0.263. The third kappa shape index (κ3) is 3.64. The van der Waals surface area contributed by atoms with Crippen molar-refractivity contribution in [1.82, 2.24) is 0 Å². The van der Waals surface area contributed by atoms with E-state index < -0.39 is 0 Å². The zero-order valence-electron chi connectivity index (χ0n) is 12.2. The zero-order valence-corrected chi connectivity index (χ0v) is 12.2. The van der Waals surface area contributed by atoms with Crippen molar-refractivity contribution in [2.45, 2.75) is 20.1 Å². The second-order valence-corrected chi connectivity index (χ2v) is 4.77. The summed E-state index contributed by atoms with van der Waals surface area (Å²) in [5, 5.41) is 2.34. The van der Waals surface area contributed by atoms with E-state index in [1.807, 2.05) is 6.07 Å². The number of fused-ring (bicyclic) bond motifs is 1. The maximum Gasteiger partial charge on any atom is 0.107 e. The Morgan fingerprint density at radius 1 is 0.952 bits per heavy atom. The Morgan fingerprint density at radius 3 is 2.38 bits per heavy atom. The monoisotopic (exact) mass is 278 g/mol. The van der Waals surface area contributed by atoms with E-state index in [0.717, 1.165) is 11.1 Å². The molecule has 2 nitrogen and oxygen atoms in total. The molecule has 0 fully saturated rings. The van der Waals surface area contributed by atoms with Gasteiger partial charge in [0.25, 0.3) is 0 Å². The van der Waals surface area contributed by atoms with E-state index in [-0.39, 0.29) is 0 Å². The van der Waals surface area contributed by atoms with Crippen LogP contribution in [0.2, 0.25) is 0 Å². The van der Waals surface area contributed by atoms with Crippen molar-refractivity contribution < 1.29 is 9.47 Å². The molecule has 2 rings (SSSR count). The molecular formula is C19H18O2. The first-order chi connectivity index (χ1) is 10.3. The largest absolute Gasteiger partial charge is 0.364 e. The quantitative estimate of drug-likeness (QED) is 0.595. The topological polar surface area (TPSA) is 18.5 Å². The predicted molar refractivity (Wildman–Crippen MR) is 85.7 cm³/mol. The molecule has 0 heterocycles. The molecule has 0 saturated carbocycles. The molecule has 0 aliphatic rings. The molecule has 0 spiro atoms. The SMILES string of the molecule is C#CCOCc1cccc2ccc(C)c(COCC#C)c12. The lowest BCUT2D eigenvalue weighted by molar-refractivity contribution is 0.151. The molecule has 0 aromatic heterocycles. The molecule has 106 valence electrons. The Balaban J connectivity index is 2.42. The molecule has 0 atom stereocenters. The Bertz CT molecular complexity index is 702. The Kier molecular flexibility index (Phi) is 5.41. The van der Waals surface area contributed by atoms with Crippen LogP contribution in [0.25, 0.3) is 10.8 Å². The lowest BCUT2D eigenvalue weighted by Crippen LogP contribution is -2.01. The highest BCUT2D eigenvalue weighted by Gasteiger charge is 2.09. The van der Waals surface area contributed by atoms with Crippen LogP contribution in [0.3, 0.4) is 0 Å². The van der Waals surface area contributed by atoms with E-state index in [9.17, 15) is 0 Å². The first-order valence-electron chi connectivity index (χ1n) is 6.80. The molecule has 0 N–H and O–H groups in total. The van der Waals surface area contributed by atoms with Crippen LogP contribution < -0.4 is 0 Å². The number of ether oxygens (including phenoxy) is 2. The summed E-state index contributed by atoms with van der Waals surface area (Å²) in [5.74, 6) is 4.98. The fourth-order valence-electron chi connectivity index (χ4n) is 2.38. The maximum absolute atomic E-state index is 5.53. The molecule has 0 unspecified atom stereocenters. The van der Waals surface area contributed by atoms with Crippen molar-refractivity contribution in [3.63, 3.8) is 0 Å². The van der Waals surface area contributed by atoms with Gasteiger partial charge in [0.2, 0.25) is 0 Å². The van der Waals surface area contributed by atoms with Crippen molar-refractivity contribution >= 4 is 10.8 Å². The molecular weight excluding hydrogens is 260 g/mol. The minimum Gasteiger partial charge on any atom is -0.364 e. The van der Waals surface area contributed by atoms with E-state index in [2.05, 4.69) is 43.0 Å². The van der Waals surface area contributed by atoms with E-state index in [1.54, 1.807) is 0 Å². The van der Waals surface area contributed by atoms with Crippen molar-refractivity contribution in [2.75, 3.05) is 13.2 Å². The van der Waals surface area contributed by atoms with Crippen LogP contribution in [-0.2, 0) is 22.7 Å². The minimum atomic E-state index is 0.311. The molecule has 0 radical (unpaired) electrons. The summed E-state index contributed by atoms with van der Waals surface area (Å²) in [6, 6.07) is 10.4. The third-order valence-corrected chi connectivity index (χ3v) is 3.35. The molecule has 0 amide bonds. The highest BCUT2D eigenvalue weighted by Crippen LogP contribution is 2.27. The lowest BCUT2D eigenvalue weighted by Gasteiger charge is -2.14. The zero-order chi connectivity index (χ0) is 15.1. The number of terminal acetylenes is 2. The second kappa shape index (κ2) is 7.50. The average molecular weight is 278 g/mol. The summed E-state index contributed by atoms with van der Waals surface area (Å²) in [7, 11) is 0. The van der Waals surface area contributed by atoms with E-state index >= 15 is 0 Å². The van der Waals surface area contributed by atoms with Crippen molar-refractivity contribution in [3.8, 4) is 24.7 Å². The summed E-state index contributed by atoms with van der Waals surface area (Å²) in [6.07, 6.45) is 10.5. The van der Waals surface area contributed by atoms with Crippen LogP contribution in [-0.4, -0.2) is 13.2 Å². The average Bonchev–Trinajstić information content (AvgIpc) is 2.50. The van der Waals surface area contributed by atoms with Gasteiger partial charge in [0, 0.05) is 0 Å². The normalized spacial score (nSPS) is 10.2. The van der Waals surface area contributed by atoms with Gasteiger partial charge < -0.3 is 9.47 Å². The number of hydrogen-bond acceptors (Lipinski definition) is 2. The minimum absolute atomic E-state index is 0.311.